The van der Waals surface area contributed by atoms with Crippen molar-refractivity contribution in [1.82, 2.24) is 14.7 Å². The quantitative estimate of drug-likeness (QED) is 0.793. The highest BCUT2D eigenvalue weighted by Crippen LogP contribution is 2.24. The number of aryl methyl sites for hydroxylation is 1. The van der Waals surface area contributed by atoms with Gasteiger partial charge in [0.05, 0.1) is 12.2 Å². The van der Waals surface area contributed by atoms with Crippen LogP contribution in [-0.4, -0.2) is 65.1 Å². The van der Waals surface area contributed by atoms with Crippen LogP contribution in [0.1, 0.15) is 28.1 Å². The Kier molecular flexibility index (Phi) is 5.38. The number of benzene rings is 1. The molecule has 7 heteroatoms. The van der Waals surface area contributed by atoms with E-state index in [0.29, 0.717) is 45.0 Å². The molecule has 1 atom stereocenters. The largest absolute Gasteiger partial charge is 0.459 e. The van der Waals surface area contributed by atoms with Crippen molar-refractivity contribution >= 4 is 17.7 Å². The number of furan rings is 1. The lowest BCUT2D eigenvalue weighted by molar-refractivity contribution is -0.137. The van der Waals surface area contributed by atoms with Gasteiger partial charge in [-0.15, -0.1) is 0 Å². The topological polar surface area (TPSA) is 74.1 Å². The Labute approximate surface area is 169 Å². The fraction of sp³-hybridized carbons (Fsp3) is 0.409. The summed E-state index contributed by atoms with van der Waals surface area (Å²) in [6.45, 7) is 4.93. The highest BCUT2D eigenvalue weighted by atomic mass is 16.3. The van der Waals surface area contributed by atoms with E-state index in [4.69, 9.17) is 4.42 Å². The fourth-order valence-corrected chi connectivity index (χ4v) is 4.03. The van der Waals surface area contributed by atoms with Crippen molar-refractivity contribution in [2.45, 2.75) is 19.9 Å². The minimum absolute atomic E-state index is 0.00994. The van der Waals surface area contributed by atoms with Crippen LogP contribution in [0.25, 0.3) is 0 Å². The van der Waals surface area contributed by atoms with Gasteiger partial charge >= 0.3 is 0 Å². The van der Waals surface area contributed by atoms with E-state index < -0.39 is 0 Å². The summed E-state index contributed by atoms with van der Waals surface area (Å²) in [7, 11) is 0. The molecule has 1 aromatic heterocycles. The van der Waals surface area contributed by atoms with Gasteiger partial charge in [-0.2, -0.15) is 0 Å². The maximum absolute atomic E-state index is 12.9. The molecule has 2 aliphatic rings. The monoisotopic (exact) mass is 395 g/mol. The van der Waals surface area contributed by atoms with Gasteiger partial charge in [-0.3, -0.25) is 14.4 Å². The lowest BCUT2D eigenvalue weighted by Crippen LogP contribution is -2.52. The normalized spacial score (nSPS) is 19.7. The number of likely N-dealkylation sites (tertiary alicyclic amines) is 1. The van der Waals surface area contributed by atoms with E-state index in [-0.39, 0.29) is 30.1 Å². The van der Waals surface area contributed by atoms with Crippen LogP contribution in [0, 0.1) is 12.8 Å². The summed E-state index contributed by atoms with van der Waals surface area (Å²) in [5.74, 6) is -0.103. The van der Waals surface area contributed by atoms with Crippen LogP contribution in [-0.2, 0) is 16.1 Å². The molecule has 0 radical (unpaired) electrons. The zero-order valence-corrected chi connectivity index (χ0v) is 16.5. The molecule has 4 rings (SSSR count). The molecule has 3 amide bonds. The summed E-state index contributed by atoms with van der Waals surface area (Å²) in [6, 6.07) is 11.3. The molecule has 2 fully saturated rings. The lowest BCUT2D eigenvalue weighted by atomic mass is 10.1. The van der Waals surface area contributed by atoms with E-state index in [0.717, 1.165) is 11.1 Å². The third kappa shape index (κ3) is 4.04. The molecule has 1 unspecified atom stereocenters. The minimum atomic E-state index is -0.307. The van der Waals surface area contributed by atoms with Crippen molar-refractivity contribution in [3.05, 3.63) is 59.5 Å². The van der Waals surface area contributed by atoms with Crippen LogP contribution in [0.2, 0.25) is 0 Å². The first-order valence-corrected chi connectivity index (χ1v) is 9.97. The van der Waals surface area contributed by atoms with Crippen LogP contribution in [0.3, 0.4) is 0 Å². The smallest absolute Gasteiger partial charge is 0.289 e. The van der Waals surface area contributed by atoms with Crippen LogP contribution < -0.4 is 0 Å². The van der Waals surface area contributed by atoms with Crippen LogP contribution in [0.15, 0.2) is 47.1 Å². The first-order valence-electron chi connectivity index (χ1n) is 9.97. The zero-order valence-electron chi connectivity index (χ0n) is 16.5. The van der Waals surface area contributed by atoms with Crippen molar-refractivity contribution in [2.75, 3.05) is 32.7 Å². The number of hydrogen-bond acceptors (Lipinski definition) is 4. The van der Waals surface area contributed by atoms with Gasteiger partial charge in [-0.1, -0.05) is 24.3 Å². The molecular formula is C22H25N3O4. The Morgan fingerprint density at radius 1 is 1.03 bits per heavy atom. The van der Waals surface area contributed by atoms with Gasteiger partial charge in [0.25, 0.3) is 5.91 Å². The second-order valence-electron chi connectivity index (χ2n) is 7.70. The van der Waals surface area contributed by atoms with Crippen molar-refractivity contribution in [3.8, 4) is 0 Å². The van der Waals surface area contributed by atoms with Crippen molar-refractivity contribution in [2.24, 2.45) is 5.92 Å². The molecule has 152 valence electrons. The number of carbonyl (C=O) groups excluding carboxylic acids is 3. The first-order chi connectivity index (χ1) is 14.0. The van der Waals surface area contributed by atoms with E-state index in [2.05, 4.69) is 0 Å². The van der Waals surface area contributed by atoms with E-state index in [9.17, 15) is 14.4 Å². The highest BCUT2D eigenvalue weighted by molar-refractivity contribution is 5.92. The maximum atomic E-state index is 12.9. The Balaban J connectivity index is 1.32. The molecule has 1 aromatic carbocycles. The van der Waals surface area contributed by atoms with Crippen LogP contribution >= 0.6 is 0 Å². The molecule has 29 heavy (non-hydrogen) atoms. The Bertz CT molecular complexity index is 901. The second-order valence-corrected chi connectivity index (χ2v) is 7.70. The molecule has 2 saturated heterocycles. The van der Waals surface area contributed by atoms with Gasteiger partial charge in [0.15, 0.2) is 5.76 Å². The van der Waals surface area contributed by atoms with Crippen molar-refractivity contribution in [3.63, 3.8) is 0 Å². The first kappa shape index (κ1) is 19.2. The fourth-order valence-electron chi connectivity index (χ4n) is 4.03. The zero-order chi connectivity index (χ0) is 20.4. The summed E-state index contributed by atoms with van der Waals surface area (Å²) < 4.78 is 5.17. The predicted octanol–water partition coefficient (Wildman–Crippen LogP) is 1.92. The predicted molar refractivity (Wildman–Crippen MR) is 106 cm³/mol. The SMILES string of the molecule is Cc1ccccc1CN1CC(C(=O)N2CCN(C(=O)c3ccco3)CC2)CC1=O. The number of rotatable bonds is 4. The summed E-state index contributed by atoms with van der Waals surface area (Å²) >= 11 is 0. The average Bonchev–Trinajstić information content (AvgIpc) is 3.39. The number of nitrogens with zero attached hydrogens (tertiary/aromatic N) is 3. The van der Waals surface area contributed by atoms with E-state index >= 15 is 0 Å². The molecule has 0 saturated carbocycles. The third-order valence-electron chi connectivity index (χ3n) is 5.80. The second kappa shape index (κ2) is 8.11. The maximum Gasteiger partial charge on any atom is 0.289 e. The average molecular weight is 395 g/mol. The van der Waals surface area contributed by atoms with Gasteiger partial charge in [0.1, 0.15) is 0 Å². The highest BCUT2D eigenvalue weighted by Gasteiger charge is 2.37. The standard InChI is InChI=1S/C22H25N3O4/c1-16-5-2-3-6-17(16)14-25-15-18(13-20(25)26)21(27)23-8-10-24(11-9-23)22(28)19-7-4-12-29-19/h2-7,12,18H,8-11,13-15H2,1H3. The summed E-state index contributed by atoms with van der Waals surface area (Å²) in [5.41, 5.74) is 2.26. The van der Waals surface area contributed by atoms with E-state index in [1.54, 1.807) is 26.8 Å². The molecule has 0 N–H and O–H groups in total. The van der Waals surface area contributed by atoms with Gasteiger partial charge in [0.2, 0.25) is 11.8 Å². The van der Waals surface area contributed by atoms with Gasteiger partial charge in [-0.25, -0.2) is 0 Å². The number of carbonyl (C=O) groups is 3. The minimum Gasteiger partial charge on any atom is -0.459 e. The summed E-state index contributed by atoms with van der Waals surface area (Å²) in [5, 5.41) is 0. The molecule has 2 aliphatic heterocycles. The molecule has 2 aromatic rings. The molecule has 0 aliphatic carbocycles. The molecule has 7 nitrogen and oxygen atoms in total. The number of hydrogen-bond donors (Lipinski definition) is 0. The van der Waals surface area contributed by atoms with Crippen molar-refractivity contribution < 1.29 is 18.8 Å². The summed E-state index contributed by atoms with van der Waals surface area (Å²) in [6.07, 6.45) is 1.74. The van der Waals surface area contributed by atoms with Gasteiger partial charge < -0.3 is 19.1 Å². The Hall–Kier alpha value is -3.09. The molecular weight excluding hydrogens is 370 g/mol. The summed E-state index contributed by atoms with van der Waals surface area (Å²) in [4.78, 5) is 43.0. The third-order valence-corrected chi connectivity index (χ3v) is 5.80. The Morgan fingerprint density at radius 3 is 2.45 bits per heavy atom. The van der Waals surface area contributed by atoms with E-state index in [1.807, 2.05) is 31.2 Å². The lowest BCUT2D eigenvalue weighted by Gasteiger charge is -2.35. The molecule has 3 heterocycles. The number of amides is 3. The molecule has 0 spiro atoms. The van der Waals surface area contributed by atoms with Crippen LogP contribution in [0.4, 0.5) is 0 Å². The van der Waals surface area contributed by atoms with Crippen molar-refractivity contribution in [1.29, 1.82) is 0 Å². The van der Waals surface area contributed by atoms with Gasteiger partial charge in [0, 0.05) is 45.7 Å². The molecule has 0 bridgehead atoms. The van der Waals surface area contributed by atoms with Gasteiger partial charge in [-0.05, 0) is 30.2 Å². The van der Waals surface area contributed by atoms with Crippen LogP contribution in [0.5, 0.6) is 0 Å². The number of piperazine rings is 1. The van der Waals surface area contributed by atoms with E-state index in [1.165, 1.54) is 6.26 Å². The Morgan fingerprint density at radius 2 is 1.76 bits per heavy atom.